The van der Waals surface area contributed by atoms with Crippen molar-refractivity contribution in [3.63, 3.8) is 0 Å². The predicted octanol–water partition coefficient (Wildman–Crippen LogP) is 3.15. The molecule has 0 amide bonds. The molecule has 4 heteroatoms. The van der Waals surface area contributed by atoms with E-state index in [1.165, 1.54) is 16.3 Å². The van der Waals surface area contributed by atoms with Gasteiger partial charge in [0.05, 0.1) is 12.0 Å². The summed E-state index contributed by atoms with van der Waals surface area (Å²) in [7, 11) is 0. The molecule has 1 aliphatic rings. The van der Waals surface area contributed by atoms with E-state index in [0.29, 0.717) is 18.1 Å². The van der Waals surface area contributed by atoms with Gasteiger partial charge in [-0.15, -0.1) is 0 Å². The van der Waals surface area contributed by atoms with Gasteiger partial charge in [0.15, 0.2) is 5.82 Å². The van der Waals surface area contributed by atoms with Crippen molar-refractivity contribution >= 4 is 10.8 Å². The summed E-state index contributed by atoms with van der Waals surface area (Å²) in [4.78, 5) is 4.50. The zero-order valence-corrected chi connectivity index (χ0v) is 11.7. The lowest BCUT2D eigenvalue weighted by Gasteiger charge is -2.34. The maximum atomic E-state index is 6.24. The van der Waals surface area contributed by atoms with Crippen LogP contribution in [-0.2, 0) is 12.0 Å². The van der Waals surface area contributed by atoms with E-state index in [-0.39, 0.29) is 5.54 Å². The Morgan fingerprint density at radius 3 is 2.71 bits per heavy atom. The van der Waals surface area contributed by atoms with Crippen molar-refractivity contribution < 1.29 is 4.52 Å². The fourth-order valence-electron chi connectivity index (χ4n) is 2.92. The summed E-state index contributed by atoms with van der Waals surface area (Å²) in [6.07, 6.45) is 3.68. The third-order valence-corrected chi connectivity index (χ3v) is 4.38. The van der Waals surface area contributed by atoms with Crippen LogP contribution in [0.1, 0.15) is 36.5 Å². The van der Waals surface area contributed by atoms with Gasteiger partial charge in [0.25, 0.3) is 0 Å². The lowest BCUT2D eigenvalue weighted by Crippen LogP contribution is -2.44. The van der Waals surface area contributed by atoms with Gasteiger partial charge in [0, 0.05) is 0 Å². The van der Waals surface area contributed by atoms with E-state index in [2.05, 4.69) is 40.5 Å². The summed E-state index contributed by atoms with van der Waals surface area (Å²) in [5.41, 5.74) is 7.07. The molecule has 0 spiro atoms. The Morgan fingerprint density at radius 1 is 1.10 bits per heavy atom. The Kier molecular flexibility index (Phi) is 2.79. The molecule has 0 aliphatic heterocycles. The van der Waals surface area contributed by atoms with Crippen LogP contribution in [0.15, 0.2) is 47.0 Å². The van der Waals surface area contributed by atoms with Crippen molar-refractivity contribution in [1.29, 1.82) is 0 Å². The molecule has 1 aromatic heterocycles. The number of nitrogens with zero attached hydrogens (tertiary/aromatic N) is 2. The first kappa shape index (κ1) is 12.5. The number of rotatable bonds is 3. The second-order valence-electron chi connectivity index (χ2n) is 5.84. The van der Waals surface area contributed by atoms with E-state index < -0.39 is 0 Å². The number of fused-ring (bicyclic) bond motifs is 1. The molecule has 4 rings (SSSR count). The van der Waals surface area contributed by atoms with Gasteiger partial charge in [0.1, 0.15) is 0 Å². The minimum Gasteiger partial charge on any atom is -0.339 e. The largest absolute Gasteiger partial charge is 0.339 e. The van der Waals surface area contributed by atoms with E-state index in [4.69, 9.17) is 10.3 Å². The first-order chi connectivity index (χ1) is 10.2. The molecule has 21 heavy (non-hydrogen) atoms. The smallest absolute Gasteiger partial charge is 0.231 e. The molecule has 4 nitrogen and oxygen atoms in total. The maximum absolute atomic E-state index is 6.24. The Labute approximate surface area is 123 Å². The summed E-state index contributed by atoms with van der Waals surface area (Å²) in [6, 6.07) is 14.6. The molecule has 0 bridgehead atoms. The van der Waals surface area contributed by atoms with Crippen LogP contribution in [0.5, 0.6) is 0 Å². The zero-order valence-electron chi connectivity index (χ0n) is 11.7. The number of hydrogen-bond donors (Lipinski definition) is 1. The standard InChI is InChI=1S/C17H17N3O/c18-17(9-4-10-17)16-19-15(21-20-16)11-13-7-3-6-12-5-1-2-8-14(12)13/h1-3,5-8H,4,9-11,18H2. The van der Waals surface area contributed by atoms with Crippen molar-refractivity contribution in [2.24, 2.45) is 5.73 Å². The normalized spacial score (nSPS) is 16.8. The fourth-order valence-corrected chi connectivity index (χ4v) is 2.92. The van der Waals surface area contributed by atoms with Crippen molar-refractivity contribution in [1.82, 2.24) is 10.1 Å². The molecule has 1 heterocycles. The van der Waals surface area contributed by atoms with Crippen molar-refractivity contribution in [2.45, 2.75) is 31.2 Å². The maximum Gasteiger partial charge on any atom is 0.231 e. The minimum absolute atomic E-state index is 0.361. The molecule has 0 unspecified atom stereocenters. The van der Waals surface area contributed by atoms with Gasteiger partial charge in [-0.2, -0.15) is 4.98 Å². The Morgan fingerprint density at radius 2 is 1.90 bits per heavy atom. The van der Waals surface area contributed by atoms with E-state index >= 15 is 0 Å². The third kappa shape index (κ3) is 2.12. The van der Waals surface area contributed by atoms with E-state index in [1.54, 1.807) is 0 Å². The summed E-state index contributed by atoms with van der Waals surface area (Å²) in [6.45, 7) is 0. The minimum atomic E-state index is -0.361. The number of aromatic nitrogens is 2. The summed E-state index contributed by atoms with van der Waals surface area (Å²) in [5, 5.41) is 6.53. The summed E-state index contributed by atoms with van der Waals surface area (Å²) >= 11 is 0. The Bertz CT molecular complexity index is 784. The highest BCUT2D eigenvalue weighted by atomic mass is 16.5. The number of hydrogen-bond acceptors (Lipinski definition) is 4. The second-order valence-corrected chi connectivity index (χ2v) is 5.84. The van der Waals surface area contributed by atoms with E-state index in [1.807, 2.05) is 12.1 Å². The molecule has 106 valence electrons. The Hall–Kier alpha value is -2.20. The number of nitrogens with two attached hydrogens (primary N) is 1. The van der Waals surface area contributed by atoms with Gasteiger partial charge in [-0.3, -0.25) is 0 Å². The van der Waals surface area contributed by atoms with Gasteiger partial charge in [-0.05, 0) is 35.6 Å². The van der Waals surface area contributed by atoms with Gasteiger partial charge in [-0.25, -0.2) is 0 Å². The van der Waals surface area contributed by atoms with Crippen LogP contribution in [0.4, 0.5) is 0 Å². The van der Waals surface area contributed by atoms with Crippen LogP contribution >= 0.6 is 0 Å². The van der Waals surface area contributed by atoms with E-state index in [9.17, 15) is 0 Å². The highest BCUT2D eigenvalue weighted by molar-refractivity contribution is 5.85. The number of benzene rings is 2. The van der Waals surface area contributed by atoms with Crippen molar-refractivity contribution in [2.75, 3.05) is 0 Å². The van der Waals surface area contributed by atoms with Crippen LogP contribution in [0.3, 0.4) is 0 Å². The highest BCUT2D eigenvalue weighted by Crippen LogP contribution is 2.37. The molecule has 2 aromatic carbocycles. The molecule has 1 saturated carbocycles. The topological polar surface area (TPSA) is 64.9 Å². The first-order valence-corrected chi connectivity index (χ1v) is 7.33. The monoisotopic (exact) mass is 279 g/mol. The summed E-state index contributed by atoms with van der Waals surface area (Å²) < 4.78 is 5.40. The highest BCUT2D eigenvalue weighted by Gasteiger charge is 2.38. The predicted molar refractivity (Wildman–Crippen MR) is 80.8 cm³/mol. The lowest BCUT2D eigenvalue weighted by molar-refractivity contribution is 0.229. The van der Waals surface area contributed by atoms with Crippen molar-refractivity contribution in [3.8, 4) is 0 Å². The molecule has 1 aliphatic carbocycles. The van der Waals surface area contributed by atoms with Crippen LogP contribution in [0.25, 0.3) is 10.8 Å². The average molecular weight is 279 g/mol. The molecule has 3 aromatic rings. The van der Waals surface area contributed by atoms with Gasteiger partial charge >= 0.3 is 0 Å². The summed E-state index contributed by atoms with van der Waals surface area (Å²) in [5.74, 6) is 1.29. The van der Waals surface area contributed by atoms with Crippen LogP contribution in [-0.4, -0.2) is 10.1 Å². The Balaban J connectivity index is 1.66. The van der Waals surface area contributed by atoms with Gasteiger partial charge < -0.3 is 10.3 Å². The van der Waals surface area contributed by atoms with Crippen LogP contribution in [0.2, 0.25) is 0 Å². The molecule has 0 atom stereocenters. The van der Waals surface area contributed by atoms with Gasteiger partial charge in [-0.1, -0.05) is 47.6 Å². The lowest BCUT2D eigenvalue weighted by atomic mass is 9.77. The molecule has 0 radical (unpaired) electrons. The molecule has 0 saturated heterocycles. The zero-order chi connectivity index (χ0) is 14.3. The first-order valence-electron chi connectivity index (χ1n) is 7.33. The van der Waals surface area contributed by atoms with Gasteiger partial charge in [0.2, 0.25) is 5.89 Å². The average Bonchev–Trinajstić information content (AvgIpc) is 2.94. The van der Waals surface area contributed by atoms with Crippen LogP contribution < -0.4 is 5.73 Å². The second kappa shape index (κ2) is 4.67. The molecule has 2 N–H and O–H groups in total. The fraction of sp³-hybridized carbons (Fsp3) is 0.294. The quantitative estimate of drug-likeness (QED) is 0.800. The van der Waals surface area contributed by atoms with Crippen LogP contribution in [0, 0.1) is 0 Å². The molecule has 1 fully saturated rings. The third-order valence-electron chi connectivity index (χ3n) is 4.38. The molecular weight excluding hydrogens is 262 g/mol. The SMILES string of the molecule is NC1(c2noc(Cc3cccc4ccccc34)n2)CCC1. The van der Waals surface area contributed by atoms with E-state index in [0.717, 1.165) is 19.3 Å². The molecular formula is C17H17N3O. The van der Waals surface area contributed by atoms with Crippen molar-refractivity contribution in [3.05, 3.63) is 59.7 Å².